The van der Waals surface area contributed by atoms with Crippen molar-refractivity contribution < 1.29 is 9.90 Å². The van der Waals surface area contributed by atoms with Crippen LogP contribution in [-0.2, 0) is 11.3 Å². The third kappa shape index (κ3) is 2.86. The first-order valence-corrected chi connectivity index (χ1v) is 8.51. The Labute approximate surface area is 138 Å². The topological polar surface area (TPSA) is 66.6 Å². The third-order valence-corrected chi connectivity index (χ3v) is 5.98. The van der Waals surface area contributed by atoms with Gasteiger partial charge in [-0.3, -0.25) is 4.79 Å². The quantitative estimate of drug-likeness (QED) is 0.904. The molecule has 0 radical (unpaired) electrons. The number of thiophene rings is 1. The van der Waals surface area contributed by atoms with E-state index in [2.05, 4.69) is 0 Å². The van der Waals surface area contributed by atoms with Crippen LogP contribution >= 0.6 is 22.9 Å². The molecule has 0 bridgehead atoms. The molecule has 118 valence electrons. The fourth-order valence-corrected chi connectivity index (χ4v) is 4.57. The third-order valence-electron chi connectivity index (χ3n) is 4.28. The molecular weight excluding hydrogens is 320 g/mol. The molecule has 22 heavy (non-hydrogen) atoms. The second-order valence-electron chi connectivity index (χ2n) is 5.93. The molecule has 3 rings (SSSR count). The standard InChI is InChI=1S/C16H19ClN2O2S/c1-19(16(21)9-6-11(18)12(20)7-9)8-14-15(17)10-4-2-3-5-13(10)22-14/h2-5,9,11-12,20H,6-8,18H2,1H3/t9-,11+,12+/m0/s1. The van der Waals surface area contributed by atoms with Gasteiger partial charge < -0.3 is 15.7 Å². The van der Waals surface area contributed by atoms with Crippen LogP contribution in [0.3, 0.4) is 0 Å². The molecule has 3 atom stereocenters. The van der Waals surface area contributed by atoms with Gasteiger partial charge in [-0.15, -0.1) is 11.3 Å². The summed E-state index contributed by atoms with van der Waals surface area (Å²) < 4.78 is 1.13. The predicted molar refractivity (Wildman–Crippen MR) is 90.0 cm³/mol. The van der Waals surface area contributed by atoms with Gasteiger partial charge in [0, 0.05) is 34.0 Å². The lowest BCUT2D eigenvalue weighted by molar-refractivity contribution is -0.134. The first-order valence-electron chi connectivity index (χ1n) is 7.32. The highest BCUT2D eigenvalue weighted by molar-refractivity contribution is 7.19. The van der Waals surface area contributed by atoms with Crippen LogP contribution in [-0.4, -0.2) is 35.1 Å². The number of benzene rings is 1. The maximum Gasteiger partial charge on any atom is 0.225 e. The monoisotopic (exact) mass is 338 g/mol. The summed E-state index contributed by atoms with van der Waals surface area (Å²) in [5.41, 5.74) is 5.79. The molecule has 1 amide bonds. The van der Waals surface area contributed by atoms with E-state index >= 15 is 0 Å². The van der Waals surface area contributed by atoms with Crippen LogP contribution in [0.5, 0.6) is 0 Å². The van der Waals surface area contributed by atoms with Crippen LogP contribution in [0, 0.1) is 5.92 Å². The van der Waals surface area contributed by atoms with Gasteiger partial charge in [-0.2, -0.15) is 0 Å². The Hall–Kier alpha value is -1.14. The summed E-state index contributed by atoms with van der Waals surface area (Å²) in [6, 6.07) is 7.67. The normalized spacial score (nSPS) is 24.8. The molecule has 2 aromatic rings. The van der Waals surface area contributed by atoms with Crippen molar-refractivity contribution in [3.63, 3.8) is 0 Å². The number of fused-ring (bicyclic) bond motifs is 1. The summed E-state index contributed by atoms with van der Waals surface area (Å²) >= 11 is 8.04. The Morgan fingerprint density at radius 1 is 1.45 bits per heavy atom. The average Bonchev–Trinajstić information content (AvgIpc) is 3.00. The number of nitrogens with two attached hydrogens (primary N) is 1. The summed E-state index contributed by atoms with van der Waals surface area (Å²) in [5.74, 6) is -0.163. The Morgan fingerprint density at radius 3 is 2.82 bits per heavy atom. The average molecular weight is 339 g/mol. The van der Waals surface area contributed by atoms with Gasteiger partial charge in [-0.25, -0.2) is 0 Å². The Balaban J connectivity index is 1.74. The molecule has 6 heteroatoms. The van der Waals surface area contributed by atoms with Crippen LogP contribution in [0.15, 0.2) is 24.3 Å². The van der Waals surface area contributed by atoms with Crippen LogP contribution in [0.2, 0.25) is 5.02 Å². The van der Waals surface area contributed by atoms with Crippen LogP contribution in [0.4, 0.5) is 0 Å². The van der Waals surface area contributed by atoms with E-state index in [4.69, 9.17) is 17.3 Å². The molecule has 1 fully saturated rings. The molecule has 4 nitrogen and oxygen atoms in total. The smallest absolute Gasteiger partial charge is 0.225 e. The first-order chi connectivity index (χ1) is 10.5. The number of aliphatic hydroxyl groups is 1. The number of carbonyl (C=O) groups is 1. The number of hydrogen-bond acceptors (Lipinski definition) is 4. The van der Waals surface area contributed by atoms with Gasteiger partial charge in [0.05, 0.1) is 17.7 Å². The van der Waals surface area contributed by atoms with Crippen LogP contribution in [0.25, 0.3) is 10.1 Å². The molecule has 3 N–H and O–H groups in total. The van der Waals surface area contributed by atoms with E-state index in [9.17, 15) is 9.90 Å². The fraction of sp³-hybridized carbons (Fsp3) is 0.438. The zero-order valence-corrected chi connectivity index (χ0v) is 13.9. The molecule has 1 heterocycles. The summed E-state index contributed by atoms with van der Waals surface area (Å²) in [5, 5.41) is 11.5. The summed E-state index contributed by atoms with van der Waals surface area (Å²) in [6.45, 7) is 0.485. The van der Waals surface area contributed by atoms with Gasteiger partial charge in [0.1, 0.15) is 0 Å². The maximum atomic E-state index is 12.5. The number of halogens is 1. The second-order valence-corrected chi connectivity index (χ2v) is 7.44. The molecule has 0 spiro atoms. The molecular formula is C16H19ClN2O2S. The molecule has 1 aliphatic carbocycles. The van der Waals surface area contributed by atoms with Crippen LogP contribution < -0.4 is 5.73 Å². The molecule has 0 aliphatic heterocycles. The number of carbonyl (C=O) groups excluding carboxylic acids is 1. The highest BCUT2D eigenvalue weighted by atomic mass is 35.5. The Morgan fingerprint density at radius 2 is 2.18 bits per heavy atom. The highest BCUT2D eigenvalue weighted by Gasteiger charge is 2.36. The van der Waals surface area contributed by atoms with E-state index in [0.29, 0.717) is 19.4 Å². The number of aliphatic hydroxyl groups excluding tert-OH is 1. The molecule has 1 saturated carbocycles. The van der Waals surface area contributed by atoms with Crippen molar-refractivity contribution in [2.75, 3.05) is 7.05 Å². The predicted octanol–water partition coefficient (Wildman–Crippen LogP) is 2.61. The van der Waals surface area contributed by atoms with Crippen molar-refractivity contribution in [1.82, 2.24) is 4.90 Å². The van der Waals surface area contributed by atoms with Gasteiger partial charge in [-0.1, -0.05) is 29.8 Å². The SMILES string of the molecule is CN(Cc1sc2ccccc2c1Cl)C(=O)[C@H]1C[C@@H](N)[C@H](O)C1. The van der Waals surface area contributed by atoms with Crippen molar-refractivity contribution in [2.24, 2.45) is 11.7 Å². The lowest BCUT2D eigenvalue weighted by atomic mass is 10.1. The summed E-state index contributed by atoms with van der Waals surface area (Å²) in [6.07, 6.45) is 0.421. The zero-order valence-electron chi connectivity index (χ0n) is 12.3. The largest absolute Gasteiger partial charge is 0.391 e. The summed E-state index contributed by atoms with van der Waals surface area (Å²) in [4.78, 5) is 15.2. The van der Waals surface area contributed by atoms with Gasteiger partial charge in [0.15, 0.2) is 0 Å². The Bertz CT molecular complexity index is 693. The minimum Gasteiger partial charge on any atom is -0.391 e. The molecule has 1 aromatic carbocycles. The lowest BCUT2D eigenvalue weighted by Crippen LogP contribution is -2.32. The molecule has 0 unspecified atom stereocenters. The van der Waals surface area contributed by atoms with Crippen molar-refractivity contribution in [3.8, 4) is 0 Å². The number of amides is 1. The van der Waals surface area contributed by atoms with Gasteiger partial charge >= 0.3 is 0 Å². The van der Waals surface area contributed by atoms with Gasteiger partial charge in [0.25, 0.3) is 0 Å². The first kappa shape index (κ1) is 15.7. The Kier molecular flexibility index (Phi) is 4.41. The highest BCUT2D eigenvalue weighted by Crippen LogP contribution is 2.36. The van der Waals surface area contributed by atoms with E-state index in [1.807, 2.05) is 24.3 Å². The van der Waals surface area contributed by atoms with E-state index in [0.717, 1.165) is 20.0 Å². The molecule has 0 saturated heterocycles. The maximum absolute atomic E-state index is 12.5. The fourth-order valence-electron chi connectivity index (χ4n) is 3.02. The second kappa shape index (κ2) is 6.16. The molecule has 1 aromatic heterocycles. The van der Waals surface area contributed by atoms with E-state index < -0.39 is 6.10 Å². The van der Waals surface area contributed by atoms with E-state index in [-0.39, 0.29) is 17.9 Å². The molecule has 1 aliphatic rings. The number of rotatable bonds is 3. The van der Waals surface area contributed by atoms with Gasteiger partial charge in [0.2, 0.25) is 5.91 Å². The number of nitrogens with zero attached hydrogens (tertiary/aromatic N) is 1. The number of hydrogen-bond donors (Lipinski definition) is 2. The van der Waals surface area contributed by atoms with E-state index in [1.54, 1.807) is 23.3 Å². The lowest BCUT2D eigenvalue weighted by Gasteiger charge is -2.20. The van der Waals surface area contributed by atoms with Crippen molar-refractivity contribution in [3.05, 3.63) is 34.2 Å². The van der Waals surface area contributed by atoms with E-state index in [1.165, 1.54) is 0 Å². The van der Waals surface area contributed by atoms with Crippen molar-refractivity contribution in [1.29, 1.82) is 0 Å². The minimum atomic E-state index is -0.574. The zero-order chi connectivity index (χ0) is 15.9. The van der Waals surface area contributed by atoms with Crippen molar-refractivity contribution >= 4 is 38.9 Å². The summed E-state index contributed by atoms with van der Waals surface area (Å²) in [7, 11) is 1.78. The minimum absolute atomic E-state index is 0.0283. The van der Waals surface area contributed by atoms with Crippen LogP contribution in [0.1, 0.15) is 17.7 Å². The van der Waals surface area contributed by atoms with Crippen molar-refractivity contribution in [2.45, 2.75) is 31.5 Å². The van der Waals surface area contributed by atoms with Gasteiger partial charge in [-0.05, 0) is 18.9 Å².